The quantitative estimate of drug-likeness (QED) is 0.694. The van der Waals surface area contributed by atoms with Crippen molar-refractivity contribution in [3.63, 3.8) is 0 Å². The van der Waals surface area contributed by atoms with Gasteiger partial charge < -0.3 is 5.32 Å². The van der Waals surface area contributed by atoms with E-state index in [2.05, 4.69) is 28.9 Å². The number of sulfonamides is 1. The van der Waals surface area contributed by atoms with E-state index in [0.717, 1.165) is 19.4 Å². The Morgan fingerprint density at radius 2 is 2.11 bits per heavy atom. The molecule has 5 nitrogen and oxygen atoms in total. The molecule has 1 saturated heterocycles. The standard InChI is InChI=1S/C12H25N3O2S/c1-10(15(2)12-5-6-12)8-14-18(16,17)9-11-4-3-7-13-11/h10-14H,3-9H2,1-2H3. The van der Waals surface area contributed by atoms with Gasteiger partial charge in [0.15, 0.2) is 0 Å². The number of hydrogen-bond acceptors (Lipinski definition) is 4. The molecule has 0 amide bonds. The van der Waals surface area contributed by atoms with Gasteiger partial charge in [-0.1, -0.05) is 0 Å². The van der Waals surface area contributed by atoms with E-state index in [9.17, 15) is 8.42 Å². The number of nitrogens with one attached hydrogen (secondary N) is 2. The lowest BCUT2D eigenvalue weighted by molar-refractivity contribution is 0.248. The molecular weight excluding hydrogens is 250 g/mol. The first-order chi connectivity index (χ1) is 8.48. The van der Waals surface area contributed by atoms with Crippen LogP contribution in [0.5, 0.6) is 0 Å². The maximum absolute atomic E-state index is 11.9. The summed E-state index contributed by atoms with van der Waals surface area (Å²) in [6.07, 6.45) is 4.55. The van der Waals surface area contributed by atoms with Gasteiger partial charge in [0.1, 0.15) is 0 Å². The Bertz CT molecular complexity index is 362. The van der Waals surface area contributed by atoms with Crippen LogP contribution in [0.3, 0.4) is 0 Å². The van der Waals surface area contributed by atoms with Crippen molar-refractivity contribution in [2.24, 2.45) is 0 Å². The number of rotatable bonds is 7. The van der Waals surface area contributed by atoms with Gasteiger partial charge in [0.25, 0.3) is 0 Å². The molecule has 2 N–H and O–H groups in total. The summed E-state index contributed by atoms with van der Waals surface area (Å²) in [5.74, 6) is 0.215. The van der Waals surface area contributed by atoms with E-state index in [0.29, 0.717) is 12.6 Å². The first kappa shape index (κ1) is 14.2. The minimum absolute atomic E-state index is 0.138. The molecule has 0 aromatic heterocycles. The molecule has 106 valence electrons. The largest absolute Gasteiger partial charge is 0.313 e. The molecule has 0 aromatic rings. The fraction of sp³-hybridized carbons (Fsp3) is 1.00. The van der Waals surface area contributed by atoms with Crippen LogP contribution in [0.25, 0.3) is 0 Å². The van der Waals surface area contributed by atoms with Crippen molar-refractivity contribution in [3.8, 4) is 0 Å². The molecule has 0 radical (unpaired) electrons. The molecule has 2 aliphatic rings. The van der Waals surface area contributed by atoms with Gasteiger partial charge in [0, 0.05) is 24.7 Å². The molecule has 2 fully saturated rings. The van der Waals surface area contributed by atoms with Crippen LogP contribution >= 0.6 is 0 Å². The monoisotopic (exact) mass is 275 g/mol. The van der Waals surface area contributed by atoms with Gasteiger partial charge in [-0.05, 0) is 46.2 Å². The van der Waals surface area contributed by atoms with Crippen LogP contribution in [0.2, 0.25) is 0 Å². The second-order valence-corrected chi connectivity index (χ2v) is 7.52. The zero-order chi connectivity index (χ0) is 13.2. The van der Waals surface area contributed by atoms with Crippen LogP contribution in [0.4, 0.5) is 0 Å². The first-order valence-corrected chi connectivity index (χ1v) is 8.56. The highest BCUT2D eigenvalue weighted by Gasteiger charge is 2.30. The summed E-state index contributed by atoms with van der Waals surface area (Å²) in [5, 5.41) is 3.22. The highest BCUT2D eigenvalue weighted by atomic mass is 32.2. The summed E-state index contributed by atoms with van der Waals surface area (Å²) < 4.78 is 26.6. The molecule has 2 atom stereocenters. The number of nitrogens with zero attached hydrogens (tertiary/aromatic N) is 1. The highest BCUT2D eigenvalue weighted by Crippen LogP contribution is 2.26. The van der Waals surface area contributed by atoms with E-state index in [1.807, 2.05) is 0 Å². The molecule has 1 heterocycles. The predicted molar refractivity (Wildman–Crippen MR) is 73.1 cm³/mol. The van der Waals surface area contributed by atoms with Gasteiger partial charge in [-0.3, -0.25) is 4.90 Å². The SMILES string of the molecule is CC(CNS(=O)(=O)CC1CCCN1)N(C)C1CC1. The fourth-order valence-electron chi connectivity index (χ4n) is 2.46. The van der Waals surface area contributed by atoms with Gasteiger partial charge in [-0.2, -0.15) is 0 Å². The van der Waals surface area contributed by atoms with E-state index < -0.39 is 10.0 Å². The van der Waals surface area contributed by atoms with Crippen molar-refractivity contribution in [2.45, 2.75) is 50.7 Å². The lowest BCUT2D eigenvalue weighted by atomic mass is 10.3. The smallest absolute Gasteiger partial charge is 0.213 e. The first-order valence-electron chi connectivity index (χ1n) is 6.90. The third kappa shape index (κ3) is 4.19. The van der Waals surface area contributed by atoms with E-state index in [-0.39, 0.29) is 17.8 Å². The van der Waals surface area contributed by atoms with Crippen LogP contribution in [0.15, 0.2) is 0 Å². The van der Waals surface area contributed by atoms with E-state index in [1.54, 1.807) is 0 Å². The summed E-state index contributed by atoms with van der Waals surface area (Å²) in [6.45, 7) is 3.54. The molecule has 0 bridgehead atoms. The lowest BCUT2D eigenvalue weighted by Gasteiger charge is -2.24. The summed E-state index contributed by atoms with van der Waals surface area (Å²) in [4.78, 5) is 2.27. The second kappa shape index (κ2) is 5.86. The summed E-state index contributed by atoms with van der Waals surface area (Å²) >= 11 is 0. The van der Waals surface area contributed by atoms with Crippen molar-refractivity contribution in [2.75, 3.05) is 25.9 Å². The second-order valence-electron chi connectivity index (χ2n) is 5.67. The molecule has 1 aliphatic heterocycles. The molecule has 0 aromatic carbocycles. The van der Waals surface area contributed by atoms with Crippen molar-refractivity contribution < 1.29 is 8.42 Å². The van der Waals surface area contributed by atoms with Crippen molar-refractivity contribution in [3.05, 3.63) is 0 Å². The van der Waals surface area contributed by atoms with Crippen LogP contribution in [0.1, 0.15) is 32.6 Å². The van der Waals surface area contributed by atoms with E-state index >= 15 is 0 Å². The third-order valence-electron chi connectivity index (χ3n) is 4.00. The summed E-state index contributed by atoms with van der Waals surface area (Å²) in [6, 6.07) is 1.07. The Labute approximate surface area is 110 Å². The average molecular weight is 275 g/mol. The summed E-state index contributed by atoms with van der Waals surface area (Å²) in [5.41, 5.74) is 0. The maximum atomic E-state index is 11.9. The van der Waals surface area contributed by atoms with Crippen LogP contribution < -0.4 is 10.0 Å². The van der Waals surface area contributed by atoms with Gasteiger partial charge in [0.2, 0.25) is 10.0 Å². The summed E-state index contributed by atoms with van der Waals surface area (Å²) in [7, 11) is -1.06. The topological polar surface area (TPSA) is 61.4 Å². The number of likely N-dealkylation sites (N-methyl/N-ethyl adjacent to an activating group) is 1. The molecule has 1 aliphatic carbocycles. The molecule has 18 heavy (non-hydrogen) atoms. The molecule has 0 spiro atoms. The van der Waals surface area contributed by atoms with Gasteiger partial charge >= 0.3 is 0 Å². The normalized spacial score (nSPS) is 26.7. The Hall–Kier alpha value is -0.170. The van der Waals surface area contributed by atoms with Crippen molar-refractivity contribution >= 4 is 10.0 Å². The molecule has 2 rings (SSSR count). The molecular formula is C12H25N3O2S. The molecule has 2 unspecified atom stereocenters. The minimum atomic E-state index is -3.14. The van der Waals surface area contributed by atoms with Gasteiger partial charge in [-0.15, -0.1) is 0 Å². The Morgan fingerprint density at radius 1 is 1.39 bits per heavy atom. The van der Waals surface area contributed by atoms with Gasteiger partial charge in [0.05, 0.1) is 5.75 Å². The predicted octanol–water partition coefficient (Wildman–Crippen LogP) is 0.141. The van der Waals surface area contributed by atoms with Crippen molar-refractivity contribution in [1.29, 1.82) is 0 Å². The maximum Gasteiger partial charge on any atom is 0.213 e. The minimum Gasteiger partial charge on any atom is -0.313 e. The van der Waals surface area contributed by atoms with Crippen LogP contribution in [-0.4, -0.2) is 57.3 Å². The zero-order valence-electron chi connectivity index (χ0n) is 11.4. The van der Waals surface area contributed by atoms with Gasteiger partial charge in [-0.25, -0.2) is 13.1 Å². The lowest BCUT2D eigenvalue weighted by Crippen LogP contribution is -2.43. The Morgan fingerprint density at radius 3 is 2.67 bits per heavy atom. The fourth-order valence-corrected chi connectivity index (χ4v) is 3.88. The third-order valence-corrected chi connectivity index (χ3v) is 5.45. The zero-order valence-corrected chi connectivity index (χ0v) is 12.2. The van der Waals surface area contributed by atoms with Crippen LogP contribution in [0, 0.1) is 0 Å². The highest BCUT2D eigenvalue weighted by molar-refractivity contribution is 7.89. The molecule has 1 saturated carbocycles. The Balaban J connectivity index is 1.73. The Kier molecular flexibility index (Phi) is 4.64. The van der Waals surface area contributed by atoms with Crippen LogP contribution in [-0.2, 0) is 10.0 Å². The average Bonchev–Trinajstić information content (AvgIpc) is 3.05. The number of hydrogen-bond donors (Lipinski definition) is 2. The molecule has 6 heteroatoms. The van der Waals surface area contributed by atoms with Crippen molar-refractivity contribution in [1.82, 2.24) is 14.9 Å². The van der Waals surface area contributed by atoms with E-state index in [4.69, 9.17) is 0 Å². The van der Waals surface area contributed by atoms with E-state index in [1.165, 1.54) is 12.8 Å².